The van der Waals surface area contributed by atoms with Crippen LogP contribution in [-0.4, -0.2) is 23.7 Å². The van der Waals surface area contributed by atoms with Crippen molar-refractivity contribution >= 4 is 17.6 Å². The van der Waals surface area contributed by atoms with Gasteiger partial charge in [-0.2, -0.15) is 35.1 Å². The highest BCUT2D eigenvalue weighted by Gasteiger charge is 2.87. The fraction of sp³-hybridized carbons (Fsp3) is 0.571. The first-order valence-corrected chi connectivity index (χ1v) is 4.13. The van der Waals surface area contributed by atoms with Crippen molar-refractivity contribution in [3.05, 3.63) is 12.8 Å². The van der Waals surface area contributed by atoms with Gasteiger partial charge in [-0.3, -0.25) is 4.79 Å². The zero-order valence-corrected chi connectivity index (χ0v) is 8.76. The molecule has 0 aliphatic carbocycles. The third-order valence-corrected chi connectivity index (χ3v) is 2.06. The Kier molecular flexibility index (Phi) is 4.29. The molecule has 0 saturated heterocycles. The Balaban J connectivity index is 6.26. The highest BCUT2D eigenvalue weighted by molar-refractivity contribution is 6.24. The van der Waals surface area contributed by atoms with E-state index in [1.165, 1.54) is 0 Å². The molecule has 0 spiro atoms. The largest absolute Gasteiger partial charge is 0.434 e. The van der Waals surface area contributed by atoms with Crippen LogP contribution in [-0.2, 0) is 9.53 Å². The molecule has 0 aromatic rings. The molecule has 0 aromatic heterocycles. The molecule has 0 saturated carbocycles. The zero-order chi connectivity index (χ0) is 15.0. The van der Waals surface area contributed by atoms with E-state index in [1.807, 2.05) is 0 Å². The van der Waals surface area contributed by atoms with E-state index in [4.69, 9.17) is 0 Å². The number of carbonyl (C=O) groups excluding carboxylic acids is 1. The van der Waals surface area contributed by atoms with Crippen LogP contribution in [0.15, 0.2) is 12.8 Å². The summed E-state index contributed by atoms with van der Waals surface area (Å²) in [6, 6.07) is 0. The first kappa shape index (κ1) is 16.9. The Hall–Kier alpha value is -1.06. The Morgan fingerprint density at radius 3 is 1.50 bits per heavy atom. The van der Waals surface area contributed by atoms with Gasteiger partial charge in [-0.25, -0.2) is 0 Å². The first-order chi connectivity index (χ1) is 7.73. The highest BCUT2D eigenvalue weighted by Crippen LogP contribution is 2.60. The summed E-state index contributed by atoms with van der Waals surface area (Å²) in [6.45, 7) is 2.49. The summed E-state index contributed by atoms with van der Waals surface area (Å²) in [5.74, 6) is -3.32. The highest BCUT2D eigenvalue weighted by atomic mass is 35.5. The molecule has 0 radical (unpaired) electrons. The monoisotopic (exact) mass is 306 g/mol. The van der Waals surface area contributed by atoms with E-state index >= 15 is 0 Å². The number of carbonyl (C=O) groups is 1. The SMILES string of the molecule is C=COC(=O)C(C(F)(F)F)(C(F)(F)F)C(F)(F)Cl. The molecule has 0 rings (SSSR count). The van der Waals surface area contributed by atoms with Crippen molar-refractivity contribution in [1.29, 1.82) is 0 Å². The maximum Gasteiger partial charge on any atom is 0.421 e. The smallest absolute Gasteiger partial charge is 0.421 e. The lowest BCUT2D eigenvalue weighted by Gasteiger charge is -2.36. The van der Waals surface area contributed by atoms with Crippen LogP contribution in [0, 0.1) is 5.41 Å². The number of halogens is 9. The van der Waals surface area contributed by atoms with Crippen molar-refractivity contribution < 1.29 is 44.7 Å². The second kappa shape index (κ2) is 4.56. The quantitative estimate of drug-likeness (QED) is 0.344. The van der Waals surface area contributed by atoms with Crippen LogP contribution in [0.4, 0.5) is 35.1 Å². The Morgan fingerprint density at radius 1 is 1.00 bits per heavy atom. The summed E-state index contributed by atoms with van der Waals surface area (Å²) in [6.07, 6.45) is -13.6. The Labute approximate surface area is 99.1 Å². The van der Waals surface area contributed by atoms with Crippen LogP contribution < -0.4 is 0 Å². The molecule has 0 amide bonds. The van der Waals surface area contributed by atoms with E-state index in [0.717, 1.165) is 0 Å². The van der Waals surface area contributed by atoms with Crippen molar-refractivity contribution in [1.82, 2.24) is 0 Å². The molecule has 0 aliphatic heterocycles. The topological polar surface area (TPSA) is 26.3 Å². The molecular formula is C7H3ClF8O2. The maximum atomic E-state index is 12.6. The van der Waals surface area contributed by atoms with Gasteiger partial charge in [0.1, 0.15) is 0 Å². The zero-order valence-electron chi connectivity index (χ0n) is 8.00. The number of ether oxygens (including phenoxy) is 1. The van der Waals surface area contributed by atoms with Crippen molar-refractivity contribution in [3.8, 4) is 0 Å². The van der Waals surface area contributed by atoms with Gasteiger partial charge in [-0.05, 0) is 11.6 Å². The number of rotatable bonds is 3. The summed E-state index contributed by atoms with van der Waals surface area (Å²) in [4.78, 5) is 10.7. The second-order valence-corrected chi connectivity index (χ2v) is 3.29. The lowest BCUT2D eigenvalue weighted by atomic mass is 9.86. The Bertz CT molecular complexity index is 303. The third-order valence-electron chi connectivity index (χ3n) is 1.77. The molecule has 0 heterocycles. The van der Waals surface area contributed by atoms with Crippen LogP contribution in [0.1, 0.15) is 0 Å². The lowest BCUT2D eigenvalue weighted by Crippen LogP contribution is -2.64. The summed E-state index contributed by atoms with van der Waals surface area (Å²) < 4.78 is 102. The molecule has 106 valence electrons. The molecule has 0 aromatic carbocycles. The molecule has 11 heteroatoms. The fourth-order valence-corrected chi connectivity index (χ4v) is 1.28. The van der Waals surface area contributed by atoms with Crippen molar-refractivity contribution in [2.45, 2.75) is 17.7 Å². The Morgan fingerprint density at radius 2 is 1.33 bits per heavy atom. The van der Waals surface area contributed by atoms with Crippen LogP contribution in [0.25, 0.3) is 0 Å². The van der Waals surface area contributed by atoms with Crippen molar-refractivity contribution in [3.63, 3.8) is 0 Å². The van der Waals surface area contributed by atoms with Crippen molar-refractivity contribution in [2.24, 2.45) is 5.41 Å². The lowest BCUT2D eigenvalue weighted by molar-refractivity contribution is -0.368. The molecule has 2 nitrogen and oxygen atoms in total. The minimum absolute atomic E-state index is 0.156. The number of esters is 1. The molecule has 0 bridgehead atoms. The number of alkyl halides is 9. The van der Waals surface area contributed by atoms with Gasteiger partial charge < -0.3 is 4.74 Å². The van der Waals surface area contributed by atoms with Crippen LogP contribution in [0.5, 0.6) is 0 Å². The van der Waals surface area contributed by atoms with Gasteiger partial charge >= 0.3 is 29.1 Å². The van der Waals surface area contributed by atoms with E-state index in [0.29, 0.717) is 0 Å². The molecule has 0 aliphatic rings. The normalized spacial score (nSPS) is 14.3. The van der Waals surface area contributed by atoms with E-state index in [-0.39, 0.29) is 6.26 Å². The van der Waals surface area contributed by atoms with Crippen LogP contribution in [0.3, 0.4) is 0 Å². The van der Waals surface area contributed by atoms with Gasteiger partial charge in [0.05, 0.1) is 6.26 Å². The van der Waals surface area contributed by atoms with E-state index in [1.54, 1.807) is 0 Å². The minimum atomic E-state index is -6.73. The van der Waals surface area contributed by atoms with Gasteiger partial charge in [-0.1, -0.05) is 6.58 Å². The molecule has 0 unspecified atom stereocenters. The molecular weight excluding hydrogens is 304 g/mol. The standard InChI is InChI=1S/C7H3ClF8O2/c1-2-18-3(17)4(5(8,9)10,6(11,12)13)7(14,15)16/h2H,1H2. The third kappa shape index (κ3) is 2.38. The predicted molar refractivity (Wildman–Crippen MR) is 41.6 cm³/mol. The molecule has 0 N–H and O–H groups in total. The fourth-order valence-electron chi connectivity index (χ4n) is 0.993. The number of hydrogen-bond donors (Lipinski definition) is 0. The van der Waals surface area contributed by atoms with Crippen LogP contribution >= 0.6 is 11.6 Å². The van der Waals surface area contributed by atoms with Crippen molar-refractivity contribution in [2.75, 3.05) is 0 Å². The van der Waals surface area contributed by atoms with Gasteiger partial charge in [-0.15, -0.1) is 0 Å². The average molecular weight is 307 g/mol. The molecule has 0 atom stereocenters. The van der Waals surface area contributed by atoms with Crippen LogP contribution in [0.2, 0.25) is 0 Å². The summed E-state index contributed by atoms with van der Waals surface area (Å²) in [7, 11) is 0. The van der Waals surface area contributed by atoms with Gasteiger partial charge in [0.25, 0.3) is 0 Å². The average Bonchev–Trinajstić information content (AvgIpc) is 1.94. The molecule has 18 heavy (non-hydrogen) atoms. The maximum absolute atomic E-state index is 12.6. The van der Waals surface area contributed by atoms with E-state index < -0.39 is 29.1 Å². The minimum Gasteiger partial charge on any atom is -0.434 e. The van der Waals surface area contributed by atoms with Gasteiger partial charge in [0.15, 0.2) is 0 Å². The number of hydrogen-bond acceptors (Lipinski definition) is 2. The van der Waals surface area contributed by atoms with E-state index in [2.05, 4.69) is 22.9 Å². The van der Waals surface area contributed by atoms with Gasteiger partial charge in [0.2, 0.25) is 0 Å². The molecule has 0 fully saturated rings. The van der Waals surface area contributed by atoms with Gasteiger partial charge in [0, 0.05) is 0 Å². The summed E-state index contributed by atoms with van der Waals surface area (Å²) in [5, 5.41) is -6.00. The summed E-state index contributed by atoms with van der Waals surface area (Å²) >= 11 is 3.85. The second-order valence-electron chi connectivity index (χ2n) is 2.82. The van der Waals surface area contributed by atoms with E-state index in [9.17, 15) is 39.9 Å². The summed E-state index contributed by atoms with van der Waals surface area (Å²) in [5.41, 5.74) is -6.18. The first-order valence-electron chi connectivity index (χ1n) is 3.75. The predicted octanol–water partition coefficient (Wildman–Crippen LogP) is 3.62.